The molecule has 2 aromatic rings. The van der Waals surface area contributed by atoms with Crippen molar-refractivity contribution in [2.24, 2.45) is 0 Å². The molecule has 0 aliphatic heterocycles. The van der Waals surface area contributed by atoms with Gasteiger partial charge in [0.05, 0.1) is 6.61 Å². The van der Waals surface area contributed by atoms with Gasteiger partial charge in [-0.25, -0.2) is 0 Å². The molecule has 2 rings (SSSR count). The first-order valence-corrected chi connectivity index (χ1v) is 4.72. The van der Waals surface area contributed by atoms with Crippen molar-refractivity contribution in [1.29, 1.82) is 0 Å². The van der Waals surface area contributed by atoms with Crippen LogP contribution in [-0.4, -0.2) is 13.7 Å². The summed E-state index contributed by atoms with van der Waals surface area (Å²) in [5.41, 5.74) is 1.24. The van der Waals surface area contributed by atoms with Gasteiger partial charge in [-0.2, -0.15) is 0 Å². The fourth-order valence-electron chi connectivity index (χ4n) is 1.60. The molecule has 0 saturated carbocycles. The van der Waals surface area contributed by atoms with Gasteiger partial charge in [-0.3, -0.25) is 0 Å². The van der Waals surface area contributed by atoms with E-state index >= 15 is 0 Å². The van der Waals surface area contributed by atoms with Crippen LogP contribution in [0.15, 0.2) is 42.5 Å². The number of hydrogen-bond donors (Lipinski definition) is 0. The Kier molecular flexibility index (Phi) is 2.80. The largest absolute Gasteiger partial charge is 0.384 e. The Morgan fingerprint density at radius 3 is 2.71 bits per heavy atom. The van der Waals surface area contributed by atoms with E-state index in [0.29, 0.717) is 6.61 Å². The smallest absolute Gasteiger partial charge is 0.0537 e. The van der Waals surface area contributed by atoms with E-state index in [-0.39, 0.29) is 0 Å². The van der Waals surface area contributed by atoms with Gasteiger partial charge in [0.15, 0.2) is 0 Å². The molecule has 0 bridgehead atoms. The standard InChI is InChI=1S/C13H13O/c1-14-10-9-12-7-4-6-11-5-2-3-8-13(11)12/h2-9H,10H2,1H3. The van der Waals surface area contributed by atoms with Crippen molar-refractivity contribution >= 4 is 10.8 Å². The predicted molar refractivity (Wildman–Crippen MR) is 59.2 cm³/mol. The van der Waals surface area contributed by atoms with Crippen LogP contribution < -0.4 is 0 Å². The second-order valence-corrected chi connectivity index (χ2v) is 3.23. The molecule has 0 saturated heterocycles. The minimum Gasteiger partial charge on any atom is -0.384 e. The van der Waals surface area contributed by atoms with E-state index in [4.69, 9.17) is 4.74 Å². The van der Waals surface area contributed by atoms with Crippen molar-refractivity contribution in [3.8, 4) is 0 Å². The van der Waals surface area contributed by atoms with Crippen molar-refractivity contribution in [3.05, 3.63) is 54.4 Å². The molecule has 1 radical (unpaired) electrons. The van der Waals surface area contributed by atoms with Crippen molar-refractivity contribution in [3.63, 3.8) is 0 Å². The molecule has 0 atom stereocenters. The van der Waals surface area contributed by atoms with Gasteiger partial charge in [0.1, 0.15) is 0 Å². The van der Waals surface area contributed by atoms with E-state index in [1.807, 2.05) is 0 Å². The second-order valence-electron chi connectivity index (χ2n) is 3.23. The van der Waals surface area contributed by atoms with Gasteiger partial charge in [-0.1, -0.05) is 42.5 Å². The summed E-state index contributed by atoms with van der Waals surface area (Å²) in [6.45, 7) is 0.661. The molecule has 0 heterocycles. The monoisotopic (exact) mass is 185 g/mol. The maximum atomic E-state index is 5.04. The third-order valence-corrected chi connectivity index (χ3v) is 2.29. The quantitative estimate of drug-likeness (QED) is 0.714. The lowest BCUT2D eigenvalue weighted by atomic mass is 10.0. The summed E-state index contributed by atoms with van der Waals surface area (Å²) in [6, 6.07) is 14.7. The summed E-state index contributed by atoms with van der Waals surface area (Å²) in [5, 5.41) is 2.56. The highest BCUT2D eigenvalue weighted by Gasteiger charge is 1.99. The first kappa shape index (κ1) is 9.22. The first-order chi connectivity index (χ1) is 6.92. The van der Waals surface area contributed by atoms with Crippen molar-refractivity contribution in [2.75, 3.05) is 13.7 Å². The van der Waals surface area contributed by atoms with Crippen LogP contribution >= 0.6 is 0 Å². The molecular weight excluding hydrogens is 172 g/mol. The maximum absolute atomic E-state index is 5.04. The molecule has 0 spiro atoms. The lowest BCUT2D eigenvalue weighted by molar-refractivity contribution is 0.225. The fraction of sp³-hybridized carbons (Fsp3) is 0.154. The van der Waals surface area contributed by atoms with Gasteiger partial charge >= 0.3 is 0 Å². The molecule has 0 fully saturated rings. The van der Waals surface area contributed by atoms with E-state index < -0.39 is 0 Å². The molecule has 1 nitrogen and oxygen atoms in total. The zero-order chi connectivity index (χ0) is 9.80. The summed E-state index contributed by atoms with van der Waals surface area (Å²) in [5.74, 6) is 0. The molecule has 0 N–H and O–H groups in total. The number of rotatable bonds is 3. The molecule has 0 aromatic heterocycles. The van der Waals surface area contributed by atoms with Gasteiger partial charge in [-0.05, 0) is 16.3 Å². The SMILES string of the molecule is COC[CH]c1cccc2ccccc12. The summed E-state index contributed by atoms with van der Waals surface area (Å²) >= 11 is 0. The Labute approximate surface area is 84.3 Å². The number of fused-ring (bicyclic) bond motifs is 1. The molecule has 0 aliphatic rings. The Bertz CT molecular complexity index is 415. The number of ether oxygens (including phenoxy) is 1. The van der Waals surface area contributed by atoms with E-state index in [2.05, 4.69) is 48.9 Å². The van der Waals surface area contributed by atoms with Gasteiger partial charge in [0.25, 0.3) is 0 Å². The van der Waals surface area contributed by atoms with Crippen molar-refractivity contribution < 1.29 is 4.74 Å². The van der Waals surface area contributed by atoms with Crippen LogP contribution in [-0.2, 0) is 4.74 Å². The van der Waals surface area contributed by atoms with Gasteiger partial charge in [0.2, 0.25) is 0 Å². The minimum atomic E-state index is 0.661. The Morgan fingerprint density at radius 1 is 1.07 bits per heavy atom. The van der Waals surface area contributed by atoms with E-state index in [9.17, 15) is 0 Å². The number of methoxy groups -OCH3 is 1. The highest BCUT2D eigenvalue weighted by atomic mass is 16.5. The van der Waals surface area contributed by atoms with E-state index in [0.717, 1.165) is 0 Å². The highest BCUT2D eigenvalue weighted by Crippen LogP contribution is 2.19. The van der Waals surface area contributed by atoms with Crippen LogP contribution in [0.25, 0.3) is 10.8 Å². The molecule has 1 heteroatoms. The summed E-state index contributed by atoms with van der Waals surface area (Å²) in [7, 11) is 1.71. The summed E-state index contributed by atoms with van der Waals surface area (Å²) < 4.78 is 5.04. The zero-order valence-electron chi connectivity index (χ0n) is 8.23. The van der Waals surface area contributed by atoms with Gasteiger partial charge in [-0.15, -0.1) is 0 Å². The number of hydrogen-bond acceptors (Lipinski definition) is 1. The minimum absolute atomic E-state index is 0.661. The molecule has 0 amide bonds. The van der Waals surface area contributed by atoms with Gasteiger partial charge in [0, 0.05) is 13.5 Å². The third-order valence-electron chi connectivity index (χ3n) is 2.29. The summed E-state index contributed by atoms with van der Waals surface area (Å²) in [6.07, 6.45) is 2.10. The Balaban J connectivity index is 2.43. The fourth-order valence-corrected chi connectivity index (χ4v) is 1.60. The molecule has 0 unspecified atom stereocenters. The molecule has 0 aliphatic carbocycles. The van der Waals surface area contributed by atoms with Crippen LogP contribution in [0, 0.1) is 6.42 Å². The molecule has 2 aromatic carbocycles. The van der Waals surface area contributed by atoms with Crippen LogP contribution in [0.1, 0.15) is 5.56 Å². The van der Waals surface area contributed by atoms with Crippen molar-refractivity contribution in [2.45, 2.75) is 0 Å². The topological polar surface area (TPSA) is 9.23 Å². The molecular formula is C13H13O. The predicted octanol–water partition coefficient (Wildman–Crippen LogP) is 3.04. The first-order valence-electron chi connectivity index (χ1n) is 4.72. The summed E-state index contributed by atoms with van der Waals surface area (Å²) in [4.78, 5) is 0. The van der Waals surface area contributed by atoms with Crippen LogP contribution in [0.2, 0.25) is 0 Å². The normalized spacial score (nSPS) is 10.6. The highest BCUT2D eigenvalue weighted by molar-refractivity contribution is 5.86. The van der Waals surface area contributed by atoms with E-state index in [1.165, 1.54) is 16.3 Å². The average molecular weight is 185 g/mol. The van der Waals surface area contributed by atoms with Crippen LogP contribution in [0.4, 0.5) is 0 Å². The Hall–Kier alpha value is -1.34. The van der Waals surface area contributed by atoms with Gasteiger partial charge < -0.3 is 4.74 Å². The maximum Gasteiger partial charge on any atom is 0.0537 e. The zero-order valence-corrected chi connectivity index (χ0v) is 8.23. The van der Waals surface area contributed by atoms with Crippen LogP contribution in [0.5, 0.6) is 0 Å². The molecule has 14 heavy (non-hydrogen) atoms. The lowest BCUT2D eigenvalue weighted by Crippen LogP contribution is -1.92. The van der Waals surface area contributed by atoms with Crippen LogP contribution in [0.3, 0.4) is 0 Å². The van der Waals surface area contributed by atoms with E-state index in [1.54, 1.807) is 7.11 Å². The average Bonchev–Trinajstić information content (AvgIpc) is 2.26. The van der Waals surface area contributed by atoms with Crippen molar-refractivity contribution in [1.82, 2.24) is 0 Å². The number of benzene rings is 2. The third kappa shape index (κ3) is 1.78. The second kappa shape index (κ2) is 4.25. The lowest BCUT2D eigenvalue weighted by Gasteiger charge is -2.04. The Morgan fingerprint density at radius 2 is 1.86 bits per heavy atom. The molecule has 71 valence electrons.